The molecule has 0 saturated carbocycles. The van der Waals surface area contributed by atoms with Crippen LogP contribution in [0.4, 0.5) is 13.2 Å². The number of nitrogens with zero attached hydrogens (tertiary/aromatic N) is 1. The number of phenols is 2. The van der Waals surface area contributed by atoms with Crippen LogP contribution in [0.15, 0.2) is 54.9 Å². The lowest BCUT2D eigenvalue weighted by atomic mass is 9.91. The Hall–Kier alpha value is -3.55. The van der Waals surface area contributed by atoms with Gasteiger partial charge < -0.3 is 15.9 Å². The van der Waals surface area contributed by atoms with E-state index in [1.807, 2.05) is 0 Å². The van der Waals surface area contributed by atoms with Gasteiger partial charge in [0.15, 0.2) is 11.5 Å². The van der Waals surface area contributed by atoms with Gasteiger partial charge in [0, 0.05) is 29.1 Å². The molecule has 0 aliphatic carbocycles. The number of hydrogen-bond acceptors (Lipinski definition) is 4. The fraction of sp³-hybridized carbons (Fsp3) is 0.0526. The highest BCUT2D eigenvalue weighted by atomic mass is 19.4. The van der Waals surface area contributed by atoms with E-state index < -0.39 is 23.2 Å². The molecule has 0 spiro atoms. The van der Waals surface area contributed by atoms with Crippen LogP contribution in [0.3, 0.4) is 0 Å². The molecule has 3 aromatic rings. The maximum Gasteiger partial charge on any atom is 0.420 e. The number of nitrogens with two attached hydrogens (primary N) is 1. The number of amidine groups is 1. The third kappa shape index (κ3) is 3.41. The summed E-state index contributed by atoms with van der Waals surface area (Å²) in [7, 11) is 0. The number of benzene rings is 2. The molecule has 0 fully saturated rings. The number of aromatic nitrogens is 1. The number of halogens is 3. The summed E-state index contributed by atoms with van der Waals surface area (Å²) >= 11 is 0. The summed E-state index contributed by atoms with van der Waals surface area (Å²) in [5, 5.41) is 27.7. The van der Waals surface area contributed by atoms with Crippen molar-refractivity contribution in [1.82, 2.24) is 4.98 Å². The lowest BCUT2D eigenvalue weighted by Crippen LogP contribution is -2.10. The Morgan fingerprint density at radius 2 is 1.67 bits per heavy atom. The van der Waals surface area contributed by atoms with Crippen LogP contribution < -0.4 is 5.73 Å². The maximum absolute atomic E-state index is 13.3. The smallest absolute Gasteiger partial charge is 0.420 e. The zero-order chi connectivity index (χ0) is 19.8. The van der Waals surface area contributed by atoms with E-state index >= 15 is 0 Å². The molecule has 2 aromatic carbocycles. The highest BCUT2D eigenvalue weighted by Gasteiger charge is 2.37. The number of phenolic OH excluding ortho intramolecular Hbond substituents is 2. The number of aromatic hydroxyl groups is 2. The van der Waals surface area contributed by atoms with E-state index in [2.05, 4.69) is 4.98 Å². The third-order valence-corrected chi connectivity index (χ3v) is 4.04. The highest BCUT2D eigenvalue weighted by Crippen LogP contribution is 2.49. The number of rotatable bonds is 3. The summed E-state index contributed by atoms with van der Waals surface area (Å²) in [5.74, 6) is -2.31. The van der Waals surface area contributed by atoms with Crippen LogP contribution in [0, 0.1) is 5.41 Å². The minimum Gasteiger partial charge on any atom is -0.504 e. The van der Waals surface area contributed by atoms with Gasteiger partial charge in [-0.1, -0.05) is 30.3 Å². The fourth-order valence-electron chi connectivity index (χ4n) is 2.73. The first-order valence-electron chi connectivity index (χ1n) is 7.71. The van der Waals surface area contributed by atoms with Crippen LogP contribution in [0.1, 0.15) is 11.1 Å². The zero-order valence-electron chi connectivity index (χ0n) is 13.7. The predicted octanol–water partition coefficient (Wildman–Crippen LogP) is 4.13. The molecule has 8 heteroatoms. The third-order valence-electron chi connectivity index (χ3n) is 4.04. The minimum atomic E-state index is -4.86. The van der Waals surface area contributed by atoms with Crippen molar-refractivity contribution >= 4 is 5.84 Å². The second kappa shape index (κ2) is 6.64. The summed E-state index contributed by atoms with van der Waals surface area (Å²) < 4.78 is 39.9. The second-order valence-corrected chi connectivity index (χ2v) is 5.77. The van der Waals surface area contributed by atoms with Crippen molar-refractivity contribution in [2.75, 3.05) is 0 Å². The van der Waals surface area contributed by atoms with Crippen LogP contribution in [0.5, 0.6) is 11.5 Å². The molecular formula is C19H14F3N3O2. The van der Waals surface area contributed by atoms with Crippen molar-refractivity contribution in [2.45, 2.75) is 6.18 Å². The molecule has 1 heterocycles. The van der Waals surface area contributed by atoms with Crippen molar-refractivity contribution < 1.29 is 23.4 Å². The van der Waals surface area contributed by atoms with Crippen molar-refractivity contribution in [1.29, 1.82) is 5.41 Å². The van der Waals surface area contributed by atoms with E-state index in [-0.39, 0.29) is 17.0 Å². The number of nitrogens with one attached hydrogen (secondary N) is 1. The van der Waals surface area contributed by atoms with Crippen LogP contribution in [-0.4, -0.2) is 21.0 Å². The van der Waals surface area contributed by atoms with Gasteiger partial charge in [0.05, 0.1) is 0 Å². The van der Waals surface area contributed by atoms with E-state index in [1.165, 1.54) is 36.7 Å². The highest BCUT2D eigenvalue weighted by molar-refractivity contribution is 5.96. The van der Waals surface area contributed by atoms with Gasteiger partial charge in [-0.15, -0.1) is 0 Å². The van der Waals surface area contributed by atoms with Crippen molar-refractivity contribution in [2.24, 2.45) is 5.73 Å². The molecule has 3 rings (SSSR count). The Morgan fingerprint density at radius 3 is 2.19 bits per heavy atom. The Labute approximate surface area is 152 Å². The summed E-state index contributed by atoms with van der Waals surface area (Å²) in [6, 6.07) is 9.85. The van der Waals surface area contributed by atoms with Crippen molar-refractivity contribution in [3.63, 3.8) is 0 Å². The van der Waals surface area contributed by atoms with Gasteiger partial charge in [-0.3, -0.25) is 10.4 Å². The molecule has 0 unspecified atom stereocenters. The Kier molecular flexibility index (Phi) is 4.49. The first kappa shape index (κ1) is 18.2. The molecule has 0 aliphatic rings. The number of alkyl halides is 3. The number of pyridine rings is 1. The van der Waals surface area contributed by atoms with Crippen LogP contribution in [0.2, 0.25) is 0 Å². The largest absolute Gasteiger partial charge is 0.504 e. The second-order valence-electron chi connectivity index (χ2n) is 5.77. The van der Waals surface area contributed by atoms with Crippen LogP contribution in [0.25, 0.3) is 22.3 Å². The van der Waals surface area contributed by atoms with Gasteiger partial charge in [-0.2, -0.15) is 13.2 Å². The summed E-state index contributed by atoms with van der Waals surface area (Å²) in [4.78, 5) is 3.92. The SMILES string of the molecule is N=C(N)c1ccc(-c2cc(C(F)(F)F)c(O)c(O)c2-c2cccnc2)cc1. The van der Waals surface area contributed by atoms with E-state index in [9.17, 15) is 23.4 Å². The predicted molar refractivity (Wildman–Crippen MR) is 94.5 cm³/mol. The van der Waals surface area contributed by atoms with E-state index in [0.717, 1.165) is 6.07 Å². The number of hydrogen-bond donors (Lipinski definition) is 4. The zero-order valence-corrected chi connectivity index (χ0v) is 13.7. The molecule has 0 atom stereocenters. The molecule has 0 aliphatic heterocycles. The molecule has 5 nitrogen and oxygen atoms in total. The van der Waals surface area contributed by atoms with Gasteiger partial charge in [-0.25, -0.2) is 0 Å². The normalized spacial score (nSPS) is 11.4. The first-order chi connectivity index (χ1) is 12.7. The van der Waals surface area contributed by atoms with Gasteiger partial charge >= 0.3 is 6.18 Å². The van der Waals surface area contributed by atoms with Crippen LogP contribution >= 0.6 is 0 Å². The number of nitrogen functional groups attached to an aromatic ring is 1. The quantitative estimate of drug-likeness (QED) is 0.315. The van der Waals surface area contributed by atoms with Crippen molar-refractivity contribution in [3.8, 4) is 33.8 Å². The molecule has 27 heavy (non-hydrogen) atoms. The molecule has 0 bridgehead atoms. The van der Waals surface area contributed by atoms with Gasteiger partial charge in [0.25, 0.3) is 0 Å². The maximum atomic E-state index is 13.3. The van der Waals surface area contributed by atoms with Crippen LogP contribution in [-0.2, 0) is 6.18 Å². The summed E-state index contributed by atoms with van der Waals surface area (Å²) in [6.45, 7) is 0. The molecule has 0 amide bonds. The van der Waals surface area contributed by atoms with Gasteiger partial charge in [-0.05, 0) is 23.3 Å². The average molecular weight is 373 g/mol. The molecule has 1 aromatic heterocycles. The Balaban J connectivity index is 2.33. The Morgan fingerprint density at radius 1 is 1.00 bits per heavy atom. The summed E-state index contributed by atoms with van der Waals surface area (Å²) in [5.41, 5.74) is 5.22. The van der Waals surface area contributed by atoms with E-state index in [4.69, 9.17) is 11.1 Å². The van der Waals surface area contributed by atoms with E-state index in [0.29, 0.717) is 16.7 Å². The lowest BCUT2D eigenvalue weighted by molar-refractivity contribution is -0.138. The minimum absolute atomic E-state index is 0.0178. The standard InChI is InChI=1S/C19H14F3N3O2/c20-19(21,22)14-8-13(10-3-5-11(6-4-10)18(23)24)15(17(27)16(14)26)12-2-1-7-25-9-12/h1-9,26-27H,(H3,23,24). The molecule has 0 radical (unpaired) electrons. The van der Waals surface area contributed by atoms with Gasteiger partial charge in [0.1, 0.15) is 11.4 Å². The molecule has 0 saturated heterocycles. The fourth-order valence-corrected chi connectivity index (χ4v) is 2.73. The topological polar surface area (TPSA) is 103 Å². The lowest BCUT2D eigenvalue weighted by Gasteiger charge is -2.18. The van der Waals surface area contributed by atoms with Crippen molar-refractivity contribution in [3.05, 3.63) is 66.0 Å². The Bertz CT molecular complexity index is 1000. The molecule has 5 N–H and O–H groups in total. The molecular weight excluding hydrogens is 359 g/mol. The first-order valence-corrected chi connectivity index (χ1v) is 7.71. The average Bonchev–Trinajstić information content (AvgIpc) is 2.63. The monoisotopic (exact) mass is 373 g/mol. The van der Waals surface area contributed by atoms with Gasteiger partial charge in [0.2, 0.25) is 0 Å². The molecule has 138 valence electrons. The summed E-state index contributed by atoms with van der Waals surface area (Å²) in [6.07, 6.45) is -2.01. The van der Waals surface area contributed by atoms with E-state index in [1.54, 1.807) is 12.1 Å².